The Hall–Kier alpha value is -0.223. The van der Waals surface area contributed by atoms with Gasteiger partial charge in [-0.3, -0.25) is 0 Å². The van der Waals surface area contributed by atoms with Crippen LogP contribution in [0.1, 0.15) is 6.92 Å². The van der Waals surface area contributed by atoms with Crippen molar-refractivity contribution in [3.63, 3.8) is 0 Å². The molecule has 0 unspecified atom stereocenters. The summed E-state index contributed by atoms with van der Waals surface area (Å²) in [5.74, 6) is 2.78. The molecule has 0 saturated carbocycles. The van der Waals surface area contributed by atoms with Crippen molar-refractivity contribution in [2.24, 2.45) is 0 Å². The van der Waals surface area contributed by atoms with Crippen LogP contribution in [0.15, 0.2) is 0 Å². The van der Waals surface area contributed by atoms with Crippen LogP contribution in [0.5, 0.6) is 0 Å². The van der Waals surface area contributed by atoms with Crippen molar-refractivity contribution in [1.82, 2.24) is 0 Å². The first-order chi connectivity index (χ1) is 2.41. The molecule has 0 amide bonds. The molecule has 2 radical (unpaired) electrons. The number of hydrogen-bond donors (Lipinski definition) is 0. The SMILES string of the molecule is CC#C[Si]C. The molecule has 26 valence electrons. The van der Waals surface area contributed by atoms with Crippen LogP contribution in [0.2, 0.25) is 6.55 Å². The van der Waals surface area contributed by atoms with Crippen LogP contribution in [0.25, 0.3) is 0 Å². The van der Waals surface area contributed by atoms with Crippen LogP contribution in [0, 0.1) is 11.5 Å². The summed E-state index contributed by atoms with van der Waals surface area (Å²) in [6, 6.07) is 0. The zero-order valence-electron chi connectivity index (χ0n) is 3.50. The van der Waals surface area contributed by atoms with Crippen molar-refractivity contribution in [3.8, 4) is 11.5 Å². The van der Waals surface area contributed by atoms with Crippen molar-refractivity contribution in [2.75, 3.05) is 0 Å². The van der Waals surface area contributed by atoms with Gasteiger partial charge in [0.2, 0.25) is 0 Å². The summed E-state index contributed by atoms with van der Waals surface area (Å²) in [4.78, 5) is 0. The Morgan fingerprint density at radius 3 is 2.20 bits per heavy atom. The van der Waals surface area contributed by atoms with Gasteiger partial charge in [0.15, 0.2) is 0 Å². The molecule has 0 aliphatic rings. The summed E-state index contributed by atoms with van der Waals surface area (Å²) in [6.45, 7) is 3.92. The van der Waals surface area contributed by atoms with E-state index in [9.17, 15) is 0 Å². The van der Waals surface area contributed by atoms with Gasteiger partial charge >= 0.3 is 0 Å². The molecule has 0 fully saturated rings. The first kappa shape index (κ1) is 4.78. The van der Waals surface area contributed by atoms with Crippen LogP contribution in [0.3, 0.4) is 0 Å². The van der Waals surface area contributed by atoms with Gasteiger partial charge in [-0.1, -0.05) is 6.55 Å². The van der Waals surface area contributed by atoms with E-state index in [1.54, 1.807) is 0 Å². The lowest BCUT2D eigenvalue weighted by Crippen LogP contribution is -1.65. The minimum absolute atomic E-state index is 0.797. The van der Waals surface area contributed by atoms with Gasteiger partial charge in [0.1, 0.15) is 9.52 Å². The summed E-state index contributed by atoms with van der Waals surface area (Å²) in [5, 5.41) is 0. The summed E-state index contributed by atoms with van der Waals surface area (Å²) < 4.78 is 0. The second-order valence-corrected chi connectivity index (χ2v) is 1.38. The van der Waals surface area contributed by atoms with Crippen LogP contribution in [-0.2, 0) is 0 Å². The summed E-state index contributed by atoms with van der Waals surface area (Å²) in [5.41, 5.74) is 2.89. The highest BCUT2D eigenvalue weighted by Crippen LogP contribution is 1.46. The molecule has 0 atom stereocenters. The second-order valence-electron chi connectivity index (χ2n) is 0.625. The Balaban J connectivity index is 2.81. The maximum Gasteiger partial charge on any atom is 0.144 e. The highest BCUT2D eigenvalue weighted by atomic mass is 28.2. The monoisotopic (exact) mass is 82.0 g/mol. The normalized spacial score (nSPS) is 5.20. The molecule has 0 N–H and O–H groups in total. The van der Waals surface area contributed by atoms with E-state index in [1.165, 1.54) is 0 Å². The maximum atomic E-state index is 2.89. The Bertz CT molecular complexity index is 55.8. The molecule has 0 spiro atoms. The van der Waals surface area contributed by atoms with Crippen molar-refractivity contribution in [3.05, 3.63) is 0 Å². The van der Waals surface area contributed by atoms with Gasteiger partial charge in [-0.05, 0) is 6.92 Å². The first-order valence-electron chi connectivity index (χ1n) is 1.50. The number of hydrogen-bond acceptors (Lipinski definition) is 0. The van der Waals surface area contributed by atoms with Crippen molar-refractivity contribution in [2.45, 2.75) is 13.5 Å². The average Bonchev–Trinajstić information content (AvgIpc) is 1.41. The smallest absolute Gasteiger partial charge is 0.136 e. The molecular formula is C4H6Si. The molecule has 0 bridgehead atoms. The Morgan fingerprint density at radius 2 is 2.20 bits per heavy atom. The fourth-order valence-electron chi connectivity index (χ4n) is 0.125. The van der Waals surface area contributed by atoms with Gasteiger partial charge in [-0.25, -0.2) is 0 Å². The Labute approximate surface area is 35.4 Å². The molecule has 0 aromatic rings. The van der Waals surface area contributed by atoms with Crippen molar-refractivity contribution >= 4 is 9.52 Å². The van der Waals surface area contributed by atoms with Gasteiger partial charge in [0.05, 0.1) is 0 Å². The Morgan fingerprint density at radius 1 is 1.60 bits per heavy atom. The maximum absolute atomic E-state index is 2.89. The lowest BCUT2D eigenvalue weighted by molar-refractivity contribution is 1.93. The zero-order chi connectivity index (χ0) is 4.12. The largest absolute Gasteiger partial charge is 0.144 e. The van der Waals surface area contributed by atoms with Crippen molar-refractivity contribution < 1.29 is 0 Å². The van der Waals surface area contributed by atoms with Crippen molar-refractivity contribution in [1.29, 1.82) is 0 Å². The standard InChI is InChI=1S/C4H6Si/c1-3-4-5-2/h1-2H3. The molecule has 0 heterocycles. The third-order valence-corrected chi connectivity index (χ3v) is 0.750. The Kier molecular flexibility index (Phi) is 3.61. The molecule has 0 rings (SSSR count). The predicted molar refractivity (Wildman–Crippen MR) is 25.1 cm³/mol. The van der Waals surface area contributed by atoms with Gasteiger partial charge in [-0.2, -0.15) is 0 Å². The minimum Gasteiger partial charge on any atom is -0.136 e. The van der Waals surface area contributed by atoms with E-state index in [1.807, 2.05) is 6.92 Å². The molecule has 5 heavy (non-hydrogen) atoms. The van der Waals surface area contributed by atoms with Gasteiger partial charge in [0.25, 0.3) is 0 Å². The third kappa shape index (κ3) is 3.78. The van der Waals surface area contributed by atoms with Crippen LogP contribution in [-0.4, -0.2) is 9.52 Å². The molecule has 0 aliphatic carbocycles. The molecular weight excluding hydrogens is 76.1 g/mol. The number of rotatable bonds is 0. The molecule has 0 saturated heterocycles. The summed E-state index contributed by atoms with van der Waals surface area (Å²) >= 11 is 0. The molecule has 0 aromatic heterocycles. The molecule has 0 aliphatic heterocycles. The summed E-state index contributed by atoms with van der Waals surface area (Å²) in [6.07, 6.45) is 0. The van der Waals surface area contributed by atoms with E-state index in [2.05, 4.69) is 18.0 Å². The quantitative estimate of drug-likeness (QED) is 0.298. The molecule has 0 aromatic carbocycles. The molecule has 0 nitrogen and oxygen atoms in total. The topological polar surface area (TPSA) is 0 Å². The highest BCUT2D eigenvalue weighted by molar-refractivity contribution is 6.44. The van der Waals surface area contributed by atoms with Crippen LogP contribution >= 0.6 is 0 Å². The lowest BCUT2D eigenvalue weighted by Gasteiger charge is -1.55. The lowest BCUT2D eigenvalue weighted by atomic mass is 10.8. The van der Waals surface area contributed by atoms with Gasteiger partial charge in [0, 0.05) is 0 Å². The average molecular weight is 82.2 g/mol. The van der Waals surface area contributed by atoms with E-state index in [4.69, 9.17) is 0 Å². The minimum atomic E-state index is 0.797. The van der Waals surface area contributed by atoms with E-state index in [0.717, 1.165) is 9.52 Å². The van der Waals surface area contributed by atoms with E-state index >= 15 is 0 Å². The predicted octanol–water partition coefficient (Wildman–Crippen LogP) is 0.720. The fraction of sp³-hybridized carbons (Fsp3) is 0.500. The van der Waals surface area contributed by atoms with Crippen LogP contribution < -0.4 is 0 Å². The van der Waals surface area contributed by atoms with Crippen LogP contribution in [0.4, 0.5) is 0 Å². The second kappa shape index (κ2) is 3.78. The van der Waals surface area contributed by atoms with Gasteiger partial charge in [-0.15, -0.1) is 11.5 Å². The highest BCUT2D eigenvalue weighted by Gasteiger charge is 1.53. The van der Waals surface area contributed by atoms with Gasteiger partial charge < -0.3 is 0 Å². The van der Waals surface area contributed by atoms with E-state index in [0.29, 0.717) is 0 Å². The third-order valence-electron chi connectivity index (χ3n) is 0.250. The first-order valence-corrected chi connectivity index (χ1v) is 3.00. The molecule has 1 heteroatoms. The van der Waals surface area contributed by atoms with E-state index in [-0.39, 0.29) is 0 Å². The zero-order valence-corrected chi connectivity index (χ0v) is 4.50. The fourth-order valence-corrected chi connectivity index (χ4v) is 0.375. The van der Waals surface area contributed by atoms with E-state index < -0.39 is 0 Å². The summed E-state index contributed by atoms with van der Waals surface area (Å²) in [7, 11) is 0.797.